The van der Waals surface area contributed by atoms with Crippen molar-refractivity contribution < 1.29 is 28.7 Å². The molecule has 0 amide bonds. The van der Waals surface area contributed by atoms with Crippen LogP contribution in [0.15, 0.2) is 12.7 Å². The maximum Gasteiger partial charge on any atom is 0.324 e. The number of ether oxygens (including phenoxy) is 1. The fraction of sp³-hybridized carbons (Fsp3) is 0.364. The molecule has 0 bridgehead atoms. The molecule has 0 aliphatic heterocycles. The van der Waals surface area contributed by atoms with Crippen molar-refractivity contribution in [2.75, 3.05) is 6.61 Å². The van der Waals surface area contributed by atoms with Crippen LogP contribution in [0.3, 0.4) is 0 Å². The standard InChI is InChI=1S/C11H12O6/c1-4-5-17-11(16)8(6(2)12)10(15)9(14)7(3)13/h4,8H,1,5H2,2-3H3. The average Bonchev–Trinajstić information content (AvgIpc) is 2.24. The van der Waals surface area contributed by atoms with Gasteiger partial charge in [-0.2, -0.15) is 0 Å². The highest BCUT2D eigenvalue weighted by Gasteiger charge is 2.38. The van der Waals surface area contributed by atoms with Gasteiger partial charge in [-0.05, 0) is 6.92 Å². The summed E-state index contributed by atoms with van der Waals surface area (Å²) >= 11 is 0. The van der Waals surface area contributed by atoms with Crippen LogP contribution in [0.2, 0.25) is 0 Å². The van der Waals surface area contributed by atoms with Crippen molar-refractivity contribution in [1.82, 2.24) is 0 Å². The van der Waals surface area contributed by atoms with Crippen LogP contribution in [0, 0.1) is 5.92 Å². The number of carbonyl (C=O) groups excluding carboxylic acids is 5. The molecule has 1 atom stereocenters. The molecule has 6 nitrogen and oxygen atoms in total. The topological polar surface area (TPSA) is 94.6 Å². The Kier molecular flexibility index (Phi) is 5.66. The van der Waals surface area contributed by atoms with E-state index in [2.05, 4.69) is 11.3 Å². The molecular formula is C11H12O6. The van der Waals surface area contributed by atoms with Crippen LogP contribution in [0.4, 0.5) is 0 Å². The van der Waals surface area contributed by atoms with Crippen LogP contribution >= 0.6 is 0 Å². The molecule has 0 rings (SSSR count). The second-order valence-corrected chi connectivity index (χ2v) is 3.21. The Balaban J connectivity index is 4.98. The Hall–Kier alpha value is -2.11. The number of carbonyl (C=O) groups is 5. The van der Waals surface area contributed by atoms with Gasteiger partial charge in [0, 0.05) is 6.92 Å². The van der Waals surface area contributed by atoms with E-state index < -0.39 is 35.0 Å². The molecule has 0 heterocycles. The molecule has 0 spiro atoms. The summed E-state index contributed by atoms with van der Waals surface area (Å²) in [6, 6.07) is 0. The van der Waals surface area contributed by atoms with Gasteiger partial charge < -0.3 is 4.74 Å². The van der Waals surface area contributed by atoms with Gasteiger partial charge >= 0.3 is 5.97 Å². The first-order valence-electron chi connectivity index (χ1n) is 4.70. The van der Waals surface area contributed by atoms with Crippen molar-refractivity contribution in [3.8, 4) is 0 Å². The maximum absolute atomic E-state index is 11.4. The quantitative estimate of drug-likeness (QED) is 0.261. The van der Waals surface area contributed by atoms with Crippen molar-refractivity contribution >= 4 is 29.1 Å². The van der Waals surface area contributed by atoms with E-state index in [4.69, 9.17) is 0 Å². The second kappa shape index (κ2) is 6.47. The lowest BCUT2D eigenvalue weighted by atomic mass is 9.95. The molecular weight excluding hydrogens is 228 g/mol. The molecule has 0 saturated heterocycles. The van der Waals surface area contributed by atoms with Crippen LogP contribution in [0.5, 0.6) is 0 Å². The van der Waals surface area contributed by atoms with E-state index in [-0.39, 0.29) is 6.61 Å². The summed E-state index contributed by atoms with van der Waals surface area (Å²) in [6.45, 7) is 4.93. The highest BCUT2D eigenvalue weighted by Crippen LogP contribution is 2.05. The molecule has 0 aromatic rings. The van der Waals surface area contributed by atoms with Gasteiger partial charge in [-0.25, -0.2) is 0 Å². The van der Waals surface area contributed by atoms with Crippen LogP contribution < -0.4 is 0 Å². The lowest BCUT2D eigenvalue weighted by Crippen LogP contribution is -2.38. The van der Waals surface area contributed by atoms with Crippen molar-refractivity contribution in [2.45, 2.75) is 13.8 Å². The summed E-state index contributed by atoms with van der Waals surface area (Å²) < 4.78 is 4.50. The van der Waals surface area contributed by atoms with Gasteiger partial charge in [0.1, 0.15) is 6.61 Å². The number of Topliss-reactive ketones (excluding diaryl/α,β-unsaturated/α-hetero) is 4. The zero-order valence-electron chi connectivity index (χ0n) is 9.52. The largest absolute Gasteiger partial charge is 0.461 e. The normalized spacial score (nSPS) is 11.2. The molecule has 0 saturated carbocycles. The van der Waals surface area contributed by atoms with Gasteiger partial charge in [0.05, 0.1) is 0 Å². The van der Waals surface area contributed by atoms with Gasteiger partial charge in [-0.3, -0.25) is 24.0 Å². The minimum Gasteiger partial charge on any atom is -0.461 e. The fourth-order valence-corrected chi connectivity index (χ4v) is 0.987. The number of ketones is 4. The van der Waals surface area contributed by atoms with E-state index in [0.717, 1.165) is 13.8 Å². The first-order valence-corrected chi connectivity index (χ1v) is 4.70. The number of esters is 1. The molecule has 17 heavy (non-hydrogen) atoms. The summed E-state index contributed by atoms with van der Waals surface area (Å²) in [6.07, 6.45) is 1.24. The maximum atomic E-state index is 11.4. The summed E-state index contributed by atoms with van der Waals surface area (Å²) in [5.74, 6) is -7.65. The zero-order valence-corrected chi connectivity index (χ0v) is 9.52. The first-order chi connectivity index (χ1) is 7.82. The van der Waals surface area contributed by atoms with Crippen LogP contribution in [-0.2, 0) is 28.7 Å². The molecule has 0 aliphatic carbocycles. The smallest absolute Gasteiger partial charge is 0.324 e. The Morgan fingerprint density at radius 3 is 2.06 bits per heavy atom. The van der Waals surface area contributed by atoms with Crippen molar-refractivity contribution in [2.24, 2.45) is 5.92 Å². The van der Waals surface area contributed by atoms with Gasteiger partial charge in [0.15, 0.2) is 11.7 Å². The van der Waals surface area contributed by atoms with E-state index >= 15 is 0 Å². The predicted molar refractivity (Wildman–Crippen MR) is 56.0 cm³/mol. The molecule has 0 fully saturated rings. The molecule has 6 heteroatoms. The summed E-state index contributed by atoms with van der Waals surface area (Å²) in [5.41, 5.74) is 0. The average molecular weight is 240 g/mol. The lowest BCUT2D eigenvalue weighted by molar-refractivity contribution is -0.157. The Bertz CT molecular complexity index is 393. The summed E-state index contributed by atoms with van der Waals surface area (Å²) in [7, 11) is 0. The third-order valence-corrected chi connectivity index (χ3v) is 1.79. The lowest BCUT2D eigenvalue weighted by Gasteiger charge is -2.09. The van der Waals surface area contributed by atoms with Crippen molar-refractivity contribution in [3.63, 3.8) is 0 Å². The van der Waals surface area contributed by atoms with Crippen molar-refractivity contribution in [1.29, 1.82) is 0 Å². The van der Waals surface area contributed by atoms with Crippen LogP contribution in [0.25, 0.3) is 0 Å². The SMILES string of the molecule is C=CCOC(=O)C(C(C)=O)C(=O)C(=O)C(C)=O. The van der Waals surface area contributed by atoms with Crippen LogP contribution in [0.1, 0.15) is 13.8 Å². The number of hydrogen-bond acceptors (Lipinski definition) is 6. The van der Waals surface area contributed by atoms with Gasteiger partial charge in [0.2, 0.25) is 11.6 Å². The van der Waals surface area contributed by atoms with E-state index in [1.807, 2.05) is 0 Å². The zero-order chi connectivity index (χ0) is 13.6. The molecule has 92 valence electrons. The minimum absolute atomic E-state index is 0.190. The van der Waals surface area contributed by atoms with Crippen molar-refractivity contribution in [3.05, 3.63) is 12.7 Å². The Morgan fingerprint density at radius 1 is 1.18 bits per heavy atom. The number of hydrogen-bond donors (Lipinski definition) is 0. The van der Waals surface area contributed by atoms with Crippen LogP contribution in [-0.4, -0.2) is 35.7 Å². The highest BCUT2D eigenvalue weighted by molar-refractivity contribution is 6.66. The first kappa shape index (κ1) is 14.9. The summed E-state index contributed by atoms with van der Waals surface area (Å²) in [4.78, 5) is 55.6. The van der Waals surface area contributed by atoms with E-state index in [1.165, 1.54) is 6.08 Å². The Labute approximate surface area is 97.6 Å². The van der Waals surface area contributed by atoms with Gasteiger partial charge in [0.25, 0.3) is 5.78 Å². The fourth-order valence-electron chi connectivity index (χ4n) is 0.987. The van der Waals surface area contributed by atoms with Gasteiger partial charge in [-0.15, -0.1) is 0 Å². The molecule has 0 radical (unpaired) electrons. The van der Waals surface area contributed by atoms with E-state index in [1.54, 1.807) is 0 Å². The highest BCUT2D eigenvalue weighted by atomic mass is 16.5. The summed E-state index contributed by atoms with van der Waals surface area (Å²) in [5, 5.41) is 0. The third-order valence-electron chi connectivity index (χ3n) is 1.79. The van der Waals surface area contributed by atoms with Gasteiger partial charge in [-0.1, -0.05) is 12.7 Å². The van der Waals surface area contributed by atoms with E-state index in [9.17, 15) is 24.0 Å². The minimum atomic E-state index is -1.87. The number of rotatable bonds is 7. The molecule has 0 aromatic carbocycles. The molecule has 0 aromatic heterocycles. The van der Waals surface area contributed by atoms with E-state index in [0.29, 0.717) is 0 Å². The predicted octanol–water partition coefficient (Wildman–Crippen LogP) is -0.352. The monoisotopic (exact) mass is 240 g/mol. The molecule has 0 aliphatic rings. The molecule has 1 unspecified atom stereocenters. The third kappa shape index (κ3) is 4.10. The Morgan fingerprint density at radius 2 is 1.71 bits per heavy atom. The molecule has 0 N–H and O–H groups in total. The second-order valence-electron chi connectivity index (χ2n) is 3.21.